The number of thioether (sulfide) groups is 2. The van der Waals surface area contributed by atoms with Gasteiger partial charge < -0.3 is 5.11 Å². The molecule has 0 amide bonds. The maximum absolute atomic E-state index is 10.5. The molecule has 0 saturated heterocycles. The van der Waals surface area contributed by atoms with Gasteiger partial charge in [0.15, 0.2) is 8.68 Å². The summed E-state index contributed by atoms with van der Waals surface area (Å²) in [7, 11) is 0. The van der Waals surface area contributed by atoms with Crippen molar-refractivity contribution < 1.29 is 5.11 Å². The second-order valence-electron chi connectivity index (χ2n) is 4.96. The van der Waals surface area contributed by atoms with Gasteiger partial charge in [0, 0.05) is 5.75 Å². The van der Waals surface area contributed by atoms with Crippen molar-refractivity contribution in [2.45, 2.75) is 53.8 Å². The van der Waals surface area contributed by atoms with Crippen LogP contribution in [0.25, 0.3) is 0 Å². The predicted molar refractivity (Wildman–Crippen MR) is 79.6 cm³/mol. The fraction of sp³-hybridized carbons (Fsp3) is 0.833. The van der Waals surface area contributed by atoms with Gasteiger partial charge in [0.1, 0.15) is 0 Å². The summed E-state index contributed by atoms with van der Waals surface area (Å²) in [5.74, 6) is 2.55. The van der Waals surface area contributed by atoms with Gasteiger partial charge >= 0.3 is 0 Å². The SMILES string of the molecule is CCSc1nnc(SCC2(O)CCC(C)CC2)s1. The minimum atomic E-state index is -0.485. The van der Waals surface area contributed by atoms with Crippen LogP contribution in [0.4, 0.5) is 0 Å². The quantitative estimate of drug-likeness (QED) is 0.841. The van der Waals surface area contributed by atoms with Gasteiger partial charge in [-0.3, -0.25) is 0 Å². The number of rotatable bonds is 5. The molecule has 1 saturated carbocycles. The van der Waals surface area contributed by atoms with Crippen LogP contribution in [0.3, 0.4) is 0 Å². The van der Waals surface area contributed by atoms with Crippen molar-refractivity contribution in [3.63, 3.8) is 0 Å². The summed E-state index contributed by atoms with van der Waals surface area (Å²) in [5.41, 5.74) is -0.485. The molecule has 1 aromatic heterocycles. The molecule has 1 aromatic rings. The second kappa shape index (κ2) is 6.59. The zero-order chi connectivity index (χ0) is 13.0. The summed E-state index contributed by atoms with van der Waals surface area (Å²) in [6.07, 6.45) is 4.14. The second-order valence-corrected chi connectivity index (χ2v) is 8.67. The molecule has 1 N–H and O–H groups in total. The van der Waals surface area contributed by atoms with Crippen LogP contribution in [0.5, 0.6) is 0 Å². The molecule has 1 aliphatic carbocycles. The fourth-order valence-electron chi connectivity index (χ4n) is 2.08. The highest BCUT2D eigenvalue weighted by atomic mass is 32.2. The Morgan fingerprint density at radius 1 is 1.28 bits per heavy atom. The van der Waals surface area contributed by atoms with Crippen molar-refractivity contribution in [2.75, 3.05) is 11.5 Å². The van der Waals surface area contributed by atoms with Gasteiger partial charge in [-0.05, 0) is 37.4 Å². The molecule has 18 heavy (non-hydrogen) atoms. The third kappa shape index (κ3) is 4.11. The van der Waals surface area contributed by atoms with Gasteiger partial charge in [-0.1, -0.05) is 48.7 Å². The minimum absolute atomic E-state index is 0.485. The zero-order valence-electron chi connectivity index (χ0n) is 10.9. The smallest absolute Gasteiger partial charge is 0.175 e. The Bertz CT molecular complexity index is 375. The highest BCUT2D eigenvalue weighted by Gasteiger charge is 2.32. The molecule has 0 bridgehead atoms. The number of hydrogen-bond acceptors (Lipinski definition) is 6. The maximum atomic E-state index is 10.5. The summed E-state index contributed by atoms with van der Waals surface area (Å²) < 4.78 is 2.02. The van der Waals surface area contributed by atoms with Crippen LogP contribution in [0.1, 0.15) is 39.5 Å². The Morgan fingerprint density at radius 2 is 1.89 bits per heavy atom. The summed E-state index contributed by atoms with van der Waals surface area (Å²) in [4.78, 5) is 0. The predicted octanol–water partition coefficient (Wildman–Crippen LogP) is 3.68. The summed E-state index contributed by atoms with van der Waals surface area (Å²) >= 11 is 5.02. The lowest BCUT2D eigenvalue weighted by Gasteiger charge is -2.34. The molecule has 0 radical (unpaired) electrons. The monoisotopic (exact) mass is 304 g/mol. The van der Waals surface area contributed by atoms with E-state index in [1.165, 1.54) is 0 Å². The number of nitrogens with zero attached hydrogens (tertiary/aromatic N) is 2. The Balaban J connectivity index is 1.82. The van der Waals surface area contributed by atoms with Gasteiger partial charge in [-0.15, -0.1) is 10.2 Å². The van der Waals surface area contributed by atoms with Crippen LogP contribution in [-0.2, 0) is 0 Å². The molecule has 1 heterocycles. The first-order valence-electron chi connectivity index (χ1n) is 6.43. The van der Waals surface area contributed by atoms with Crippen LogP contribution in [0, 0.1) is 5.92 Å². The summed E-state index contributed by atoms with van der Waals surface area (Å²) in [5, 5.41) is 18.8. The molecule has 2 rings (SSSR count). The highest BCUT2D eigenvalue weighted by molar-refractivity contribution is 8.03. The largest absolute Gasteiger partial charge is 0.389 e. The molecule has 0 unspecified atom stereocenters. The molecular weight excluding hydrogens is 284 g/mol. The zero-order valence-corrected chi connectivity index (χ0v) is 13.3. The van der Waals surface area contributed by atoms with Gasteiger partial charge in [-0.2, -0.15) is 0 Å². The van der Waals surface area contributed by atoms with E-state index in [1.54, 1.807) is 34.9 Å². The van der Waals surface area contributed by atoms with Gasteiger partial charge in [-0.25, -0.2) is 0 Å². The Morgan fingerprint density at radius 3 is 2.50 bits per heavy atom. The number of aliphatic hydroxyl groups is 1. The van der Waals surface area contributed by atoms with Crippen molar-refractivity contribution >= 4 is 34.9 Å². The van der Waals surface area contributed by atoms with Crippen molar-refractivity contribution in [2.24, 2.45) is 5.92 Å². The Labute approximate surface area is 121 Å². The standard InChI is InChI=1S/C12H20N2OS3/c1-3-16-10-13-14-11(18-10)17-8-12(15)6-4-9(2)5-7-12/h9,15H,3-8H2,1-2H3. The fourth-order valence-corrected chi connectivity index (χ4v) is 5.15. The first-order valence-corrected chi connectivity index (χ1v) is 9.21. The van der Waals surface area contributed by atoms with Gasteiger partial charge in [0.05, 0.1) is 5.60 Å². The minimum Gasteiger partial charge on any atom is -0.389 e. The van der Waals surface area contributed by atoms with Gasteiger partial charge in [0.25, 0.3) is 0 Å². The van der Waals surface area contributed by atoms with E-state index in [2.05, 4.69) is 24.0 Å². The normalized spacial score (nSPS) is 28.5. The molecule has 0 aliphatic heterocycles. The highest BCUT2D eigenvalue weighted by Crippen LogP contribution is 2.37. The van der Waals surface area contributed by atoms with Crippen molar-refractivity contribution in [3.05, 3.63) is 0 Å². The van der Waals surface area contributed by atoms with E-state index < -0.39 is 5.60 Å². The van der Waals surface area contributed by atoms with Crippen molar-refractivity contribution in [1.82, 2.24) is 10.2 Å². The molecule has 1 aliphatic rings. The van der Waals surface area contributed by atoms with E-state index in [1.807, 2.05) is 0 Å². The van der Waals surface area contributed by atoms with E-state index in [9.17, 15) is 5.11 Å². The van der Waals surface area contributed by atoms with Crippen LogP contribution in [-0.4, -0.2) is 32.4 Å². The summed E-state index contributed by atoms with van der Waals surface area (Å²) in [6, 6.07) is 0. The molecule has 3 nitrogen and oxygen atoms in total. The molecular formula is C12H20N2OS3. The van der Waals surface area contributed by atoms with Crippen molar-refractivity contribution in [1.29, 1.82) is 0 Å². The van der Waals surface area contributed by atoms with Crippen LogP contribution >= 0.6 is 34.9 Å². The Hall–Kier alpha value is 0.220. The molecule has 1 fully saturated rings. The molecule has 102 valence electrons. The third-order valence-corrected chi connectivity index (χ3v) is 6.67. The molecule has 6 heteroatoms. The molecule has 0 atom stereocenters. The van der Waals surface area contributed by atoms with Crippen LogP contribution in [0.2, 0.25) is 0 Å². The Kier molecular flexibility index (Phi) is 5.35. The molecule has 0 spiro atoms. The first-order chi connectivity index (χ1) is 8.61. The first kappa shape index (κ1) is 14.6. The van der Waals surface area contributed by atoms with Crippen LogP contribution in [0.15, 0.2) is 8.68 Å². The van der Waals surface area contributed by atoms with E-state index in [4.69, 9.17) is 0 Å². The number of hydrogen-bond donors (Lipinski definition) is 1. The third-order valence-electron chi connectivity index (χ3n) is 3.33. The van der Waals surface area contributed by atoms with E-state index in [0.29, 0.717) is 0 Å². The lowest BCUT2D eigenvalue weighted by atomic mass is 9.81. The lowest BCUT2D eigenvalue weighted by molar-refractivity contribution is 0.0150. The van der Waals surface area contributed by atoms with E-state index in [-0.39, 0.29) is 0 Å². The van der Waals surface area contributed by atoms with Crippen LogP contribution < -0.4 is 0 Å². The van der Waals surface area contributed by atoms with Crippen molar-refractivity contribution in [3.8, 4) is 0 Å². The van der Waals surface area contributed by atoms with Gasteiger partial charge in [0.2, 0.25) is 0 Å². The average molecular weight is 305 g/mol. The topological polar surface area (TPSA) is 46.0 Å². The maximum Gasteiger partial charge on any atom is 0.175 e. The lowest BCUT2D eigenvalue weighted by Crippen LogP contribution is -2.36. The summed E-state index contributed by atoms with van der Waals surface area (Å²) in [6.45, 7) is 4.39. The molecule has 0 aromatic carbocycles. The number of aromatic nitrogens is 2. The van der Waals surface area contributed by atoms with E-state index in [0.717, 1.165) is 51.8 Å². The average Bonchev–Trinajstić information content (AvgIpc) is 2.80. The van der Waals surface area contributed by atoms with E-state index >= 15 is 0 Å².